The molecule has 1 rings (SSSR count). The zero-order valence-corrected chi connectivity index (χ0v) is 8.03. The summed E-state index contributed by atoms with van der Waals surface area (Å²) in [5.74, 6) is -0.507. The van der Waals surface area contributed by atoms with Crippen molar-refractivity contribution in [1.29, 1.82) is 0 Å². The maximum atomic E-state index is 10.8. The summed E-state index contributed by atoms with van der Waals surface area (Å²) < 4.78 is 4.90. The number of aromatic amines is 1. The molecule has 0 radical (unpaired) electrons. The molecule has 0 saturated carbocycles. The predicted octanol–water partition coefficient (Wildman–Crippen LogP) is -1.32. The van der Waals surface area contributed by atoms with Gasteiger partial charge in [0.05, 0.1) is 18.5 Å². The van der Waals surface area contributed by atoms with Crippen molar-refractivity contribution >= 4 is 11.6 Å². The molecule has 1 aromatic rings. The van der Waals surface area contributed by atoms with Gasteiger partial charge in [0.25, 0.3) is 5.56 Å². The molecule has 1 aromatic heterocycles. The van der Waals surface area contributed by atoms with Gasteiger partial charge >= 0.3 is 0 Å². The first-order valence-electron chi connectivity index (χ1n) is 4.33. The van der Waals surface area contributed by atoms with Crippen molar-refractivity contribution in [2.24, 2.45) is 5.73 Å². The molecule has 7 nitrogen and oxygen atoms in total. The number of nitrogens with two attached hydrogens (primary N) is 1. The third kappa shape index (κ3) is 4.77. The van der Waals surface area contributed by atoms with Crippen LogP contribution < -0.4 is 16.6 Å². The average molecular weight is 212 g/mol. The molecule has 4 N–H and O–H groups in total. The zero-order chi connectivity index (χ0) is 11.1. The van der Waals surface area contributed by atoms with Crippen molar-refractivity contribution in [3.8, 4) is 0 Å². The van der Waals surface area contributed by atoms with E-state index in [0.29, 0.717) is 18.8 Å². The smallest absolute Gasteiger partial charge is 0.266 e. The van der Waals surface area contributed by atoms with E-state index in [4.69, 9.17) is 10.5 Å². The number of amides is 1. The molecule has 82 valence electrons. The van der Waals surface area contributed by atoms with E-state index in [2.05, 4.69) is 15.5 Å². The highest BCUT2D eigenvalue weighted by Crippen LogP contribution is 1.96. The molecule has 0 aliphatic carbocycles. The van der Waals surface area contributed by atoms with Gasteiger partial charge in [-0.05, 0) is 0 Å². The van der Waals surface area contributed by atoms with Gasteiger partial charge in [0.2, 0.25) is 5.91 Å². The first kappa shape index (κ1) is 11.2. The normalized spacial score (nSPS) is 9.87. The third-order valence-corrected chi connectivity index (χ3v) is 1.48. The van der Waals surface area contributed by atoms with E-state index in [1.807, 2.05) is 0 Å². The van der Waals surface area contributed by atoms with E-state index < -0.39 is 5.91 Å². The van der Waals surface area contributed by atoms with Gasteiger partial charge in [-0.25, -0.2) is 5.10 Å². The van der Waals surface area contributed by atoms with Crippen molar-refractivity contribution in [3.05, 3.63) is 22.6 Å². The molecule has 15 heavy (non-hydrogen) atoms. The lowest BCUT2D eigenvalue weighted by Gasteiger charge is -2.04. The first-order chi connectivity index (χ1) is 7.18. The summed E-state index contributed by atoms with van der Waals surface area (Å²) in [5.41, 5.74) is 5.18. The number of carbonyl (C=O) groups is 1. The largest absolute Gasteiger partial charge is 0.381 e. The van der Waals surface area contributed by atoms with E-state index in [1.165, 1.54) is 12.3 Å². The van der Waals surface area contributed by atoms with Gasteiger partial charge in [-0.1, -0.05) is 0 Å². The minimum Gasteiger partial charge on any atom is -0.381 e. The number of ether oxygens (including phenoxy) is 1. The highest BCUT2D eigenvalue weighted by Gasteiger charge is 1.95. The maximum Gasteiger partial charge on any atom is 0.266 e. The van der Waals surface area contributed by atoms with Crippen LogP contribution in [0.5, 0.6) is 0 Å². The summed E-state index contributed by atoms with van der Waals surface area (Å²) in [6.07, 6.45) is 1.48. The molecule has 0 aliphatic rings. The monoisotopic (exact) mass is 212 g/mol. The number of anilines is 1. The van der Waals surface area contributed by atoms with E-state index >= 15 is 0 Å². The summed E-state index contributed by atoms with van der Waals surface area (Å²) in [4.78, 5) is 21.1. The van der Waals surface area contributed by atoms with E-state index in [-0.39, 0.29) is 12.2 Å². The molecule has 7 heteroatoms. The Labute approximate surface area is 85.6 Å². The van der Waals surface area contributed by atoms with Gasteiger partial charge in [-0.15, -0.1) is 0 Å². The quantitative estimate of drug-likeness (QED) is 0.507. The summed E-state index contributed by atoms with van der Waals surface area (Å²) >= 11 is 0. The van der Waals surface area contributed by atoms with Gasteiger partial charge in [-0.3, -0.25) is 9.59 Å². The number of nitrogens with zero attached hydrogens (tertiary/aromatic N) is 1. The van der Waals surface area contributed by atoms with Crippen LogP contribution in [0, 0.1) is 0 Å². The average Bonchev–Trinajstić information content (AvgIpc) is 2.17. The Morgan fingerprint density at radius 1 is 1.67 bits per heavy atom. The van der Waals surface area contributed by atoms with Crippen LogP contribution in [0.2, 0.25) is 0 Å². The van der Waals surface area contributed by atoms with Crippen LogP contribution >= 0.6 is 0 Å². The molecule has 0 unspecified atom stereocenters. The molecule has 1 heterocycles. The molecule has 0 aromatic carbocycles. The van der Waals surface area contributed by atoms with Gasteiger partial charge < -0.3 is 15.8 Å². The minimum atomic E-state index is -0.507. The Balaban J connectivity index is 2.20. The second-order valence-electron chi connectivity index (χ2n) is 2.78. The SMILES string of the molecule is NC(=O)COCCNc1cn[nH]c(=O)c1. The molecule has 0 saturated heterocycles. The van der Waals surface area contributed by atoms with Crippen LogP contribution in [0.15, 0.2) is 17.1 Å². The number of rotatable bonds is 6. The summed E-state index contributed by atoms with van der Waals surface area (Å²) in [6.45, 7) is 0.698. The molecule has 1 amide bonds. The third-order valence-electron chi connectivity index (χ3n) is 1.48. The number of aromatic nitrogens is 2. The van der Waals surface area contributed by atoms with Crippen LogP contribution in [0.4, 0.5) is 5.69 Å². The van der Waals surface area contributed by atoms with Crippen LogP contribution in [-0.2, 0) is 9.53 Å². The van der Waals surface area contributed by atoms with Crippen molar-refractivity contribution in [2.75, 3.05) is 25.1 Å². The van der Waals surface area contributed by atoms with Crippen LogP contribution in [0.1, 0.15) is 0 Å². The van der Waals surface area contributed by atoms with Crippen molar-refractivity contribution < 1.29 is 9.53 Å². The first-order valence-corrected chi connectivity index (χ1v) is 4.33. The van der Waals surface area contributed by atoms with E-state index in [1.54, 1.807) is 0 Å². The molecular weight excluding hydrogens is 200 g/mol. The molecular formula is C8H12N4O3. The molecule has 0 fully saturated rings. The fourth-order valence-electron chi connectivity index (χ4n) is 0.913. The number of carbonyl (C=O) groups excluding carboxylic acids is 1. The van der Waals surface area contributed by atoms with E-state index in [9.17, 15) is 9.59 Å². The number of primary amides is 1. The second kappa shape index (κ2) is 5.76. The highest BCUT2D eigenvalue weighted by molar-refractivity contribution is 5.74. The number of hydrogen-bond donors (Lipinski definition) is 3. The topological polar surface area (TPSA) is 110 Å². The minimum absolute atomic E-state index is 0.102. The Hall–Kier alpha value is -1.89. The number of nitrogens with one attached hydrogen (secondary N) is 2. The van der Waals surface area contributed by atoms with Crippen LogP contribution in [0.3, 0.4) is 0 Å². The fourth-order valence-corrected chi connectivity index (χ4v) is 0.913. The summed E-state index contributed by atoms with van der Waals surface area (Å²) in [5, 5.41) is 8.75. The Morgan fingerprint density at radius 3 is 3.13 bits per heavy atom. The molecule has 0 atom stereocenters. The lowest BCUT2D eigenvalue weighted by molar-refractivity contribution is -0.122. The Kier molecular flexibility index (Phi) is 4.30. The zero-order valence-electron chi connectivity index (χ0n) is 8.03. The van der Waals surface area contributed by atoms with Crippen LogP contribution in [-0.4, -0.2) is 35.9 Å². The molecule has 0 spiro atoms. The fraction of sp³-hybridized carbons (Fsp3) is 0.375. The molecule has 0 bridgehead atoms. The van der Waals surface area contributed by atoms with E-state index in [0.717, 1.165) is 0 Å². The Morgan fingerprint density at radius 2 is 2.47 bits per heavy atom. The summed E-state index contributed by atoms with van der Waals surface area (Å²) in [7, 11) is 0. The summed E-state index contributed by atoms with van der Waals surface area (Å²) in [6, 6.07) is 1.38. The number of H-pyrrole nitrogens is 1. The van der Waals surface area contributed by atoms with Crippen molar-refractivity contribution in [3.63, 3.8) is 0 Å². The van der Waals surface area contributed by atoms with Crippen molar-refractivity contribution in [1.82, 2.24) is 10.2 Å². The molecule has 0 aliphatic heterocycles. The standard InChI is InChI=1S/C8H12N4O3/c9-7(13)5-15-2-1-10-6-3-8(14)12-11-4-6/h3-4H,1-2,5H2,(H2,9,13)(H2,10,12,14). The lowest BCUT2D eigenvalue weighted by atomic mass is 10.4. The van der Waals surface area contributed by atoms with Gasteiger partial charge in [0, 0.05) is 12.6 Å². The maximum absolute atomic E-state index is 10.8. The van der Waals surface area contributed by atoms with Gasteiger partial charge in [-0.2, -0.15) is 5.10 Å². The predicted molar refractivity (Wildman–Crippen MR) is 53.4 cm³/mol. The number of hydrogen-bond acceptors (Lipinski definition) is 5. The van der Waals surface area contributed by atoms with Crippen LogP contribution in [0.25, 0.3) is 0 Å². The lowest BCUT2D eigenvalue weighted by Crippen LogP contribution is -2.21. The second-order valence-corrected chi connectivity index (χ2v) is 2.78. The Bertz CT molecular complexity index is 376. The van der Waals surface area contributed by atoms with Crippen molar-refractivity contribution in [2.45, 2.75) is 0 Å². The van der Waals surface area contributed by atoms with Gasteiger partial charge in [0.1, 0.15) is 6.61 Å². The highest BCUT2D eigenvalue weighted by atomic mass is 16.5. The van der Waals surface area contributed by atoms with Gasteiger partial charge in [0.15, 0.2) is 0 Å².